The quantitative estimate of drug-likeness (QED) is 0.756. The molecule has 18 heavy (non-hydrogen) atoms. The molecule has 0 amide bonds. The Morgan fingerprint density at radius 1 is 1.17 bits per heavy atom. The van der Waals surface area contributed by atoms with Crippen molar-refractivity contribution in [2.45, 2.75) is 19.8 Å². The molecule has 0 spiro atoms. The molecule has 1 heterocycles. The molecule has 0 aliphatic heterocycles. The third-order valence-corrected chi connectivity index (χ3v) is 2.70. The summed E-state index contributed by atoms with van der Waals surface area (Å²) >= 11 is 0. The van der Waals surface area contributed by atoms with Gasteiger partial charge in [0.05, 0.1) is 5.69 Å². The van der Waals surface area contributed by atoms with Crippen molar-refractivity contribution in [1.29, 1.82) is 0 Å². The first kappa shape index (κ1) is 12.5. The van der Waals surface area contributed by atoms with Crippen LogP contribution in [0.4, 0.5) is 4.39 Å². The lowest BCUT2D eigenvalue weighted by Crippen LogP contribution is -1.87. The summed E-state index contributed by atoms with van der Waals surface area (Å²) in [7, 11) is 0. The summed E-state index contributed by atoms with van der Waals surface area (Å²) in [6, 6.07) is 10.5. The van der Waals surface area contributed by atoms with E-state index in [-0.39, 0.29) is 5.82 Å². The van der Waals surface area contributed by atoms with Gasteiger partial charge in [-0.2, -0.15) is 0 Å². The summed E-state index contributed by atoms with van der Waals surface area (Å²) in [6.45, 7) is 2.14. The number of benzene rings is 1. The van der Waals surface area contributed by atoms with Crippen molar-refractivity contribution in [3.63, 3.8) is 0 Å². The molecule has 0 N–H and O–H groups in total. The highest BCUT2D eigenvalue weighted by atomic mass is 19.1. The van der Waals surface area contributed by atoms with Crippen molar-refractivity contribution < 1.29 is 4.39 Å². The average Bonchev–Trinajstić information content (AvgIpc) is 2.41. The first-order chi connectivity index (χ1) is 8.81. The number of unbranched alkanes of at least 4 members (excludes halogenated alkanes) is 1. The Hall–Kier alpha value is -1.96. The molecule has 1 aromatic carbocycles. The molecule has 1 aromatic heterocycles. The second kappa shape index (κ2) is 6.10. The Balaban J connectivity index is 2.20. The molecule has 0 aliphatic carbocycles. The summed E-state index contributed by atoms with van der Waals surface area (Å²) in [6.07, 6.45) is 8.14. The van der Waals surface area contributed by atoms with E-state index in [1.807, 2.05) is 24.3 Å². The van der Waals surface area contributed by atoms with Crippen LogP contribution in [-0.4, -0.2) is 4.98 Å². The van der Waals surface area contributed by atoms with E-state index < -0.39 is 0 Å². The number of nitrogens with zero attached hydrogens (tertiary/aromatic N) is 1. The van der Waals surface area contributed by atoms with Gasteiger partial charge in [0, 0.05) is 11.8 Å². The molecular formula is C16H16FN. The van der Waals surface area contributed by atoms with Crippen LogP contribution >= 0.6 is 0 Å². The van der Waals surface area contributed by atoms with Gasteiger partial charge in [-0.3, -0.25) is 4.98 Å². The molecule has 0 unspecified atom stereocenters. The largest absolute Gasteiger partial charge is 0.256 e. The predicted octanol–water partition coefficient (Wildman–Crippen LogP) is 4.70. The van der Waals surface area contributed by atoms with Crippen molar-refractivity contribution in [3.8, 4) is 11.3 Å². The van der Waals surface area contributed by atoms with Crippen molar-refractivity contribution in [1.82, 2.24) is 4.98 Å². The number of halogens is 1. The fourth-order valence-corrected chi connectivity index (χ4v) is 1.72. The summed E-state index contributed by atoms with van der Waals surface area (Å²) < 4.78 is 13.6. The lowest BCUT2D eigenvalue weighted by molar-refractivity contribution is 0.630. The van der Waals surface area contributed by atoms with Crippen LogP contribution in [0.5, 0.6) is 0 Å². The Morgan fingerprint density at radius 3 is 2.67 bits per heavy atom. The first-order valence-corrected chi connectivity index (χ1v) is 6.18. The lowest BCUT2D eigenvalue weighted by Gasteiger charge is -2.02. The second-order valence-electron chi connectivity index (χ2n) is 4.15. The van der Waals surface area contributed by atoms with Gasteiger partial charge in [0.15, 0.2) is 0 Å². The van der Waals surface area contributed by atoms with Gasteiger partial charge in [0.25, 0.3) is 0 Å². The van der Waals surface area contributed by atoms with Crippen LogP contribution in [0.3, 0.4) is 0 Å². The van der Waals surface area contributed by atoms with Crippen molar-refractivity contribution >= 4 is 6.08 Å². The highest BCUT2D eigenvalue weighted by Gasteiger charge is 2.04. The lowest BCUT2D eigenvalue weighted by atomic mass is 10.1. The van der Waals surface area contributed by atoms with E-state index >= 15 is 0 Å². The maximum Gasteiger partial charge on any atom is 0.132 e. The highest BCUT2D eigenvalue weighted by molar-refractivity contribution is 5.61. The molecule has 92 valence electrons. The fourth-order valence-electron chi connectivity index (χ4n) is 1.72. The molecule has 0 radical (unpaired) electrons. The Kier molecular flexibility index (Phi) is 4.24. The third kappa shape index (κ3) is 3.04. The van der Waals surface area contributed by atoms with Gasteiger partial charge in [-0.15, -0.1) is 0 Å². The summed E-state index contributed by atoms with van der Waals surface area (Å²) in [5, 5.41) is 0. The molecule has 0 aliphatic rings. The summed E-state index contributed by atoms with van der Waals surface area (Å²) in [4.78, 5) is 4.30. The normalized spacial score (nSPS) is 11.0. The van der Waals surface area contributed by atoms with Crippen molar-refractivity contribution in [2.75, 3.05) is 0 Å². The zero-order chi connectivity index (χ0) is 12.8. The highest BCUT2D eigenvalue weighted by Crippen LogP contribution is 2.20. The number of hydrogen-bond donors (Lipinski definition) is 0. The van der Waals surface area contributed by atoms with Gasteiger partial charge in [0.2, 0.25) is 0 Å². The Bertz CT molecular complexity index is 529. The van der Waals surface area contributed by atoms with Gasteiger partial charge in [-0.25, -0.2) is 4.39 Å². The maximum atomic E-state index is 13.6. The molecular weight excluding hydrogens is 225 g/mol. The van der Waals surface area contributed by atoms with Gasteiger partial charge < -0.3 is 0 Å². The smallest absolute Gasteiger partial charge is 0.132 e. The van der Waals surface area contributed by atoms with Crippen LogP contribution in [0.15, 0.2) is 48.7 Å². The number of allylic oxidation sites excluding steroid dienone is 1. The van der Waals surface area contributed by atoms with E-state index in [4.69, 9.17) is 0 Å². The van der Waals surface area contributed by atoms with Crippen LogP contribution < -0.4 is 0 Å². The molecule has 0 fully saturated rings. The van der Waals surface area contributed by atoms with Crippen LogP contribution in [0.1, 0.15) is 25.3 Å². The van der Waals surface area contributed by atoms with Crippen molar-refractivity contribution in [3.05, 3.63) is 60.1 Å². The van der Waals surface area contributed by atoms with E-state index in [0.29, 0.717) is 11.3 Å². The minimum Gasteiger partial charge on any atom is -0.256 e. The van der Waals surface area contributed by atoms with Gasteiger partial charge in [-0.1, -0.05) is 43.7 Å². The van der Waals surface area contributed by atoms with Crippen LogP contribution in [0.25, 0.3) is 17.3 Å². The minimum atomic E-state index is -0.237. The number of pyridine rings is 1. The Labute approximate surface area is 107 Å². The summed E-state index contributed by atoms with van der Waals surface area (Å²) in [5.41, 5.74) is 2.26. The standard InChI is InChI=1S/C16H16FN/c1-2-3-4-7-13-10-11-16(18-12-13)14-8-5-6-9-15(14)17/h4-12H,2-3H2,1H3. The molecule has 2 aromatic rings. The monoisotopic (exact) mass is 241 g/mol. The molecule has 0 bridgehead atoms. The molecule has 0 saturated carbocycles. The minimum absolute atomic E-state index is 0.237. The summed E-state index contributed by atoms with van der Waals surface area (Å²) in [5.74, 6) is -0.237. The van der Waals surface area contributed by atoms with E-state index in [1.165, 1.54) is 6.07 Å². The van der Waals surface area contributed by atoms with E-state index in [0.717, 1.165) is 18.4 Å². The zero-order valence-corrected chi connectivity index (χ0v) is 10.4. The zero-order valence-electron chi connectivity index (χ0n) is 10.4. The second-order valence-corrected chi connectivity index (χ2v) is 4.15. The number of hydrogen-bond acceptors (Lipinski definition) is 1. The molecule has 0 saturated heterocycles. The van der Waals surface area contributed by atoms with E-state index in [1.54, 1.807) is 18.3 Å². The number of aromatic nitrogens is 1. The third-order valence-electron chi connectivity index (χ3n) is 2.70. The van der Waals surface area contributed by atoms with Gasteiger partial charge in [-0.05, 0) is 30.2 Å². The van der Waals surface area contributed by atoms with E-state index in [9.17, 15) is 4.39 Å². The van der Waals surface area contributed by atoms with Crippen molar-refractivity contribution in [2.24, 2.45) is 0 Å². The SMILES string of the molecule is CCCC=Cc1ccc(-c2ccccc2F)nc1. The molecule has 2 rings (SSSR count). The molecule has 1 nitrogen and oxygen atoms in total. The fraction of sp³-hybridized carbons (Fsp3) is 0.188. The average molecular weight is 241 g/mol. The Morgan fingerprint density at radius 2 is 2.00 bits per heavy atom. The van der Waals surface area contributed by atoms with Gasteiger partial charge >= 0.3 is 0 Å². The van der Waals surface area contributed by atoms with Crippen LogP contribution in [-0.2, 0) is 0 Å². The van der Waals surface area contributed by atoms with E-state index in [2.05, 4.69) is 18.0 Å². The first-order valence-electron chi connectivity index (χ1n) is 6.18. The van der Waals surface area contributed by atoms with Gasteiger partial charge in [0.1, 0.15) is 5.82 Å². The topological polar surface area (TPSA) is 12.9 Å². The molecule has 2 heteroatoms. The maximum absolute atomic E-state index is 13.6. The molecule has 0 atom stereocenters. The van der Waals surface area contributed by atoms with Crippen LogP contribution in [0.2, 0.25) is 0 Å². The van der Waals surface area contributed by atoms with Crippen LogP contribution in [0, 0.1) is 5.82 Å². The predicted molar refractivity (Wildman–Crippen MR) is 73.6 cm³/mol. The number of rotatable bonds is 4.